The third kappa shape index (κ3) is 5.38. The highest BCUT2D eigenvalue weighted by atomic mass is 19.4. The number of halogens is 3. The van der Waals surface area contributed by atoms with E-state index in [4.69, 9.17) is 0 Å². The summed E-state index contributed by atoms with van der Waals surface area (Å²) < 4.78 is 39.3. The SMILES string of the molecule is CCCCN1CCC(N(Cc2ccccc2)C(=O)c2n[nH]c3cc(C(F)(F)F)ccc23)CC1. The van der Waals surface area contributed by atoms with Gasteiger partial charge >= 0.3 is 6.18 Å². The molecule has 1 saturated heterocycles. The van der Waals surface area contributed by atoms with Crippen LogP contribution in [0.5, 0.6) is 0 Å². The van der Waals surface area contributed by atoms with Crippen LogP contribution in [0.4, 0.5) is 13.2 Å². The number of rotatable bonds is 7. The number of benzene rings is 2. The van der Waals surface area contributed by atoms with Gasteiger partial charge in [-0.25, -0.2) is 0 Å². The number of aromatic amines is 1. The van der Waals surface area contributed by atoms with Gasteiger partial charge in [0.2, 0.25) is 0 Å². The monoisotopic (exact) mass is 458 g/mol. The molecule has 0 aliphatic carbocycles. The molecule has 1 N–H and O–H groups in total. The fourth-order valence-corrected chi connectivity index (χ4v) is 4.48. The quantitative estimate of drug-likeness (QED) is 0.510. The van der Waals surface area contributed by atoms with E-state index in [-0.39, 0.29) is 23.2 Å². The number of likely N-dealkylation sites (tertiary alicyclic amines) is 1. The summed E-state index contributed by atoms with van der Waals surface area (Å²) in [7, 11) is 0. The molecule has 176 valence electrons. The second kappa shape index (κ2) is 9.95. The Kier molecular flexibility index (Phi) is 7.02. The molecule has 0 spiro atoms. The number of carbonyl (C=O) groups is 1. The molecule has 0 unspecified atom stereocenters. The number of nitrogens with one attached hydrogen (secondary N) is 1. The number of nitrogens with zero attached hydrogens (tertiary/aromatic N) is 3. The number of unbranched alkanes of at least 4 members (excludes halogenated alkanes) is 1. The summed E-state index contributed by atoms with van der Waals surface area (Å²) in [6, 6.07) is 13.2. The van der Waals surface area contributed by atoms with E-state index in [0.29, 0.717) is 11.9 Å². The molecule has 0 atom stereocenters. The van der Waals surface area contributed by atoms with Crippen LogP contribution in [-0.2, 0) is 12.7 Å². The average molecular weight is 459 g/mol. The lowest BCUT2D eigenvalue weighted by Crippen LogP contribution is -2.47. The van der Waals surface area contributed by atoms with Crippen molar-refractivity contribution < 1.29 is 18.0 Å². The van der Waals surface area contributed by atoms with Crippen LogP contribution < -0.4 is 0 Å². The van der Waals surface area contributed by atoms with Gasteiger partial charge in [-0.05, 0) is 49.6 Å². The molecular formula is C25H29F3N4O. The summed E-state index contributed by atoms with van der Waals surface area (Å²) in [5.74, 6) is -0.253. The number of carbonyl (C=O) groups excluding carboxylic acids is 1. The first-order valence-corrected chi connectivity index (χ1v) is 11.5. The van der Waals surface area contributed by atoms with Crippen molar-refractivity contribution in [1.82, 2.24) is 20.0 Å². The Labute approximate surface area is 191 Å². The number of alkyl halides is 3. The molecule has 1 aliphatic heterocycles. The van der Waals surface area contributed by atoms with E-state index >= 15 is 0 Å². The molecule has 4 rings (SSSR count). The number of hydrogen-bond acceptors (Lipinski definition) is 3. The predicted molar refractivity (Wildman–Crippen MR) is 122 cm³/mol. The first-order valence-electron chi connectivity index (χ1n) is 11.5. The first-order chi connectivity index (χ1) is 15.9. The zero-order chi connectivity index (χ0) is 23.4. The molecule has 1 aromatic heterocycles. The molecule has 8 heteroatoms. The van der Waals surface area contributed by atoms with Crippen LogP contribution in [0.15, 0.2) is 48.5 Å². The fourth-order valence-electron chi connectivity index (χ4n) is 4.48. The summed E-state index contributed by atoms with van der Waals surface area (Å²) >= 11 is 0. The Morgan fingerprint density at radius 2 is 1.88 bits per heavy atom. The molecule has 33 heavy (non-hydrogen) atoms. The molecule has 1 fully saturated rings. The van der Waals surface area contributed by atoms with E-state index in [1.165, 1.54) is 6.07 Å². The maximum absolute atomic E-state index is 13.7. The zero-order valence-electron chi connectivity index (χ0n) is 18.7. The average Bonchev–Trinajstić information content (AvgIpc) is 3.25. The number of aromatic nitrogens is 2. The van der Waals surface area contributed by atoms with Gasteiger partial charge in [0.05, 0.1) is 11.1 Å². The van der Waals surface area contributed by atoms with Crippen molar-refractivity contribution in [2.24, 2.45) is 0 Å². The van der Waals surface area contributed by atoms with Crippen LogP contribution in [0.25, 0.3) is 10.9 Å². The molecule has 2 heterocycles. The predicted octanol–water partition coefficient (Wildman–Crippen LogP) is 5.49. The molecule has 1 aliphatic rings. The molecule has 3 aromatic rings. The standard InChI is InChI=1S/C25H29F3N4O/c1-2-3-13-31-14-11-20(12-15-31)32(17-18-7-5-4-6-8-18)24(33)23-21-10-9-19(25(26,27)28)16-22(21)29-30-23/h4-10,16,20H,2-3,11-15,17H2,1H3,(H,29,30). The van der Waals surface area contributed by atoms with Gasteiger partial charge in [-0.2, -0.15) is 18.3 Å². The molecular weight excluding hydrogens is 429 g/mol. The first kappa shape index (κ1) is 23.3. The van der Waals surface area contributed by atoms with Gasteiger partial charge in [-0.15, -0.1) is 0 Å². The van der Waals surface area contributed by atoms with Crippen LogP contribution in [0.3, 0.4) is 0 Å². The summed E-state index contributed by atoms with van der Waals surface area (Å²) in [6.07, 6.45) is -0.405. The number of piperidine rings is 1. The summed E-state index contributed by atoms with van der Waals surface area (Å²) in [4.78, 5) is 18.0. The van der Waals surface area contributed by atoms with E-state index in [1.54, 1.807) is 0 Å². The maximum atomic E-state index is 13.7. The molecule has 1 amide bonds. The van der Waals surface area contributed by atoms with Gasteiger partial charge in [0.25, 0.3) is 5.91 Å². The van der Waals surface area contributed by atoms with Crippen molar-refractivity contribution in [3.63, 3.8) is 0 Å². The number of H-pyrrole nitrogens is 1. The third-order valence-electron chi connectivity index (χ3n) is 6.38. The minimum Gasteiger partial charge on any atom is -0.330 e. The third-order valence-corrected chi connectivity index (χ3v) is 6.38. The molecule has 0 saturated carbocycles. The highest BCUT2D eigenvalue weighted by Crippen LogP contribution is 2.32. The van der Waals surface area contributed by atoms with Gasteiger partial charge in [0.15, 0.2) is 5.69 Å². The number of amides is 1. The van der Waals surface area contributed by atoms with E-state index < -0.39 is 11.7 Å². The number of fused-ring (bicyclic) bond motifs is 1. The van der Waals surface area contributed by atoms with Gasteiger partial charge < -0.3 is 9.80 Å². The maximum Gasteiger partial charge on any atom is 0.416 e. The molecule has 0 radical (unpaired) electrons. The smallest absolute Gasteiger partial charge is 0.330 e. The van der Waals surface area contributed by atoms with Crippen molar-refractivity contribution in [3.8, 4) is 0 Å². The van der Waals surface area contributed by atoms with Crippen LogP contribution in [0.2, 0.25) is 0 Å². The largest absolute Gasteiger partial charge is 0.416 e. The Morgan fingerprint density at radius 3 is 2.55 bits per heavy atom. The van der Waals surface area contributed by atoms with E-state index in [0.717, 1.165) is 63.0 Å². The van der Waals surface area contributed by atoms with Crippen LogP contribution >= 0.6 is 0 Å². The highest BCUT2D eigenvalue weighted by molar-refractivity contribution is 6.04. The van der Waals surface area contributed by atoms with Gasteiger partial charge in [0, 0.05) is 31.1 Å². The lowest BCUT2D eigenvalue weighted by molar-refractivity contribution is -0.137. The Hall–Kier alpha value is -2.87. The summed E-state index contributed by atoms with van der Waals surface area (Å²) in [6.45, 7) is 5.55. The lowest BCUT2D eigenvalue weighted by Gasteiger charge is -2.38. The minimum atomic E-state index is -4.45. The van der Waals surface area contributed by atoms with Crippen LogP contribution in [0.1, 0.15) is 54.2 Å². The Bertz CT molecular complexity index is 1070. The normalized spacial score (nSPS) is 15.8. The molecule has 5 nitrogen and oxygen atoms in total. The summed E-state index contributed by atoms with van der Waals surface area (Å²) in [5, 5.41) is 7.17. The van der Waals surface area contributed by atoms with Crippen LogP contribution in [-0.4, -0.2) is 51.6 Å². The van der Waals surface area contributed by atoms with Crippen molar-refractivity contribution in [2.45, 2.75) is 51.4 Å². The van der Waals surface area contributed by atoms with E-state index in [2.05, 4.69) is 22.0 Å². The highest BCUT2D eigenvalue weighted by Gasteiger charge is 2.33. The van der Waals surface area contributed by atoms with Gasteiger partial charge in [-0.1, -0.05) is 43.7 Å². The summed E-state index contributed by atoms with van der Waals surface area (Å²) in [5.41, 5.74) is 0.627. The number of hydrogen-bond donors (Lipinski definition) is 1. The van der Waals surface area contributed by atoms with Crippen molar-refractivity contribution in [2.75, 3.05) is 19.6 Å². The van der Waals surface area contributed by atoms with Crippen molar-refractivity contribution in [1.29, 1.82) is 0 Å². The second-order valence-electron chi connectivity index (χ2n) is 8.68. The minimum absolute atomic E-state index is 0.0526. The topological polar surface area (TPSA) is 52.2 Å². The van der Waals surface area contributed by atoms with Crippen molar-refractivity contribution in [3.05, 3.63) is 65.4 Å². The fraction of sp³-hybridized carbons (Fsp3) is 0.440. The second-order valence-corrected chi connectivity index (χ2v) is 8.68. The van der Waals surface area contributed by atoms with E-state index in [9.17, 15) is 18.0 Å². The van der Waals surface area contributed by atoms with Gasteiger partial charge in [0.1, 0.15) is 0 Å². The zero-order valence-corrected chi connectivity index (χ0v) is 18.7. The Morgan fingerprint density at radius 1 is 1.15 bits per heavy atom. The molecule has 2 aromatic carbocycles. The van der Waals surface area contributed by atoms with Gasteiger partial charge in [-0.3, -0.25) is 9.89 Å². The van der Waals surface area contributed by atoms with Crippen LogP contribution in [0, 0.1) is 0 Å². The van der Waals surface area contributed by atoms with E-state index in [1.807, 2.05) is 35.2 Å². The Balaban J connectivity index is 1.59. The lowest BCUT2D eigenvalue weighted by atomic mass is 10.0. The van der Waals surface area contributed by atoms with Crippen molar-refractivity contribution >= 4 is 16.8 Å². The molecule has 0 bridgehead atoms.